The highest BCUT2D eigenvalue weighted by Gasteiger charge is 2.45. The monoisotopic (exact) mass is 212 g/mol. The van der Waals surface area contributed by atoms with Crippen LogP contribution < -0.4 is 10.6 Å². The van der Waals surface area contributed by atoms with Crippen LogP contribution in [0.1, 0.15) is 32.6 Å². The van der Waals surface area contributed by atoms with E-state index < -0.39 is 0 Å². The zero-order valence-corrected chi connectivity index (χ0v) is 9.34. The smallest absolute Gasteiger partial charge is 0.407 e. The first-order chi connectivity index (χ1) is 7.24. The third kappa shape index (κ3) is 2.43. The van der Waals surface area contributed by atoms with Crippen LogP contribution in [0.2, 0.25) is 0 Å². The number of carbonyl (C=O) groups excluding carboxylic acids is 1. The van der Waals surface area contributed by atoms with Gasteiger partial charge in [-0.1, -0.05) is 0 Å². The molecule has 0 unspecified atom stereocenters. The fourth-order valence-electron chi connectivity index (χ4n) is 2.79. The van der Waals surface area contributed by atoms with Crippen LogP contribution in [0.3, 0.4) is 0 Å². The van der Waals surface area contributed by atoms with Crippen LogP contribution in [0, 0.1) is 5.41 Å². The Labute approximate surface area is 90.8 Å². The van der Waals surface area contributed by atoms with E-state index >= 15 is 0 Å². The molecule has 0 bridgehead atoms. The zero-order chi connectivity index (χ0) is 10.7. The van der Waals surface area contributed by atoms with Gasteiger partial charge in [0.2, 0.25) is 0 Å². The van der Waals surface area contributed by atoms with E-state index in [0.717, 1.165) is 25.9 Å². The van der Waals surface area contributed by atoms with Gasteiger partial charge in [0.15, 0.2) is 0 Å². The Morgan fingerprint density at radius 2 is 2.13 bits per heavy atom. The van der Waals surface area contributed by atoms with E-state index in [1.165, 1.54) is 12.8 Å². The number of alkyl carbamates (subject to hydrolysis) is 1. The number of carbonyl (C=O) groups is 1. The highest BCUT2D eigenvalue weighted by molar-refractivity contribution is 5.67. The number of ether oxygens (including phenoxy) is 1. The summed E-state index contributed by atoms with van der Waals surface area (Å²) in [5, 5.41) is 6.28. The molecule has 0 aromatic carbocycles. The van der Waals surface area contributed by atoms with Crippen LogP contribution >= 0.6 is 0 Å². The van der Waals surface area contributed by atoms with Crippen molar-refractivity contribution in [3.8, 4) is 0 Å². The molecule has 2 fully saturated rings. The molecule has 1 saturated heterocycles. The van der Waals surface area contributed by atoms with Gasteiger partial charge in [-0.15, -0.1) is 0 Å². The first kappa shape index (κ1) is 10.7. The number of hydrogen-bond acceptors (Lipinski definition) is 3. The fourth-order valence-corrected chi connectivity index (χ4v) is 2.79. The molecule has 1 aliphatic carbocycles. The molecule has 1 saturated carbocycles. The summed E-state index contributed by atoms with van der Waals surface area (Å²) in [7, 11) is 0. The molecule has 1 spiro atoms. The summed E-state index contributed by atoms with van der Waals surface area (Å²) in [6.07, 6.45) is 4.52. The summed E-state index contributed by atoms with van der Waals surface area (Å²) >= 11 is 0. The van der Waals surface area contributed by atoms with E-state index in [9.17, 15) is 4.79 Å². The van der Waals surface area contributed by atoms with Crippen molar-refractivity contribution < 1.29 is 9.53 Å². The summed E-state index contributed by atoms with van der Waals surface area (Å²) in [5.74, 6) is 0. The molecule has 0 aromatic heterocycles. The van der Waals surface area contributed by atoms with Crippen molar-refractivity contribution in [3.05, 3.63) is 0 Å². The summed E-state index contributed by atoms with van der Waals surface area (Å²) in [6.45, 7) is 4.54. The van der Waals surface area contributed by atoms with Crippen molar-refractivity contribution in [3.63, 3.8) is 0 Å². The number of piperidine rings is 1. The van der Waals surface area contributed by atoms with E-state index in [1.54, 1.807) is 0 Å². The van der Waals surface area contributed by atoms with E-state index in [2.05, 4.69) is 10.6 Å². The van der Waals surface area contributed by atoms with Gasteiger partial charge in [0.1, 0.15) is 0 Å². The first-order valence-electron chi connectivity index (χ1n) is 5.88. The summed E-state index contributed by atoms with van der Waals surface area (Å²) in [4.78, 5) is 11.2. The first-order valence-corrected chi connectivity index (χ1v) is 5.88. The van der Waals surface area contributed by atoms with Crippen molar-refractivity contribution in [2.45, 2.75) is 38.6 Å². The summed E-state index contributed by atoms with van der Waals surface area (Å²) in [6, 6.07) is 0.349. The maximum absolute atomic E-state index is 11.2. The van der Waals surface area contributed by atoms with Crippen molar-refractivity contribution >= 4 is 6.09 Å². The average molecular weight is 212 g/mol. The molecule has 2 N–H and O–H groups in total. The lowest BCUT2D eigenvalue weighted by Crippen LogP contribution is -2.54. The van der Waals surface area contributed by atoms with Crippen molar-refractivity contribution in [2.24, 2.45) is 5.41 Å². The van der Waals surface area contributed by atoms with Gasteiger partial charge in [-0.3, -0.25) is 0 Å². The molecular weight excluding hydrogens is 192 g/mol. The van der Waals surface area contributed by atoms with Crippen LogP contribution in [0.25, 0.3) is 0 Å². The molecule has 1 amide bonds. The fraction of sp³-hybridized carbons (Fsp3) is 0.909. The van der Waals surface area contributed by atoms with Crippen LogP contribution in [-0.4, -0.2) is 31.8 Å². The molecule has 0 radical (unpaired) electrons. The number of nitrogens with one attached hydrogen (secondary N) is 2. The third-order valence-electron chi connectivity index (χ3n) is 3.62. The molecule has 2 rings (SSSR count). The lowest BCUT2D eigenvalue weighted by Gasteiger charge is -2.50. The minimum Gasteiger partial charge on any atom is -0.450 e. The molecule has 1 heterocycles. The Hall–Kier alpha value is -0.770. The van der Waals surface area contributed by atoms with Gasteiger partial charge in [-0.05, 0) is 51.1 Å². The van der Waals surface area contributed by atoms with Crippen LogP contribution in [0.15, 0.2) is 0 Å². The van der Waals surface area contributed by atoms with E-state index in [0.29, 0.717) is 18.1 Å². The SMILES string of the molecule is CCOC(=O)NC1CC2(CCNCC2)C1. The van der Waals surface area contributed by atoms with Gasteiger partial charge in [-0.25, -0.2) is 4.79 Å². The van der Waals surface area contributed by atoms with Gasteiger partial charge in [-0.2, -0.15) is 0 Å². The largest absolute Gasteiger partial charge is 0.450 e. The standard InChI is InChI=1S/C11H20N2O2/c1-2-15-10(14)13-9-7-11(8-9)3-5-12-6-4-11/h9,12H,2-8H2,1H3,(H,13,14). The number of hydrogen-bond donors (Lipinski definition) is 2. The van der Waals surface area contributed by atoms with Gasteiger partial charge in [0, 0.05) is 6.04 Å². The summed E-state index contributed by atoms with van der Waals surface area (Å²) < 4.78 is 4.86. The van der Waals surface area contributed by atoms with Crippen molar-refractivity contribution in [1.29, 1.82) is 0 Å². The van der Waals surface area contributed by atoms with Crippen LogP contribution in [0.4, 0.5) is 4.79 Å². The molecule has 1 aliphatic heterocycles. The van der Waals surface area contributed by atoms with Gasteiger partial charge in [0.25, 0.3) is 0 Å². The summed E-state index contributed by atoms with van der Waals surface area (Å²) in [5.41, 5.74) is 0.523. The van der Waals surface area contributed by atoms with Gasteiger partial charge >= 0.3 is 6.09 Å². The molecule has 86 valence electrons. The Morgan fingerprint density at radius 1 is 1.47 bits per heavy atom. The predicted octanol–water partition coefficient (Wildman–Crippen LogP) is 1.26. The number of amides is 1. The molecule has 0 atom stereocenters. The molecule has 4 heteroatoms. The Bertz CT molecular complexity index is 229. The van der Waals surface area contributed by atoms with Crippen molar-refractivity contribution in [2.75, 3.05) is 19.7 Å². The zero-order valence-electron chi connectivity index (χ0n) is 9.34. The highest BCUT2D eigenvalue weighted by atomic mass is 16.5. The highest BCUT2D eigenvalue weighted by Crippen LogP contribution is 2.47. The molecule has 0 aromatic rings. The topological polar surface area (TPSA) is 50.4 Å². The van der Waals surface area contributed by atoms with Gasteiger partial charge in [0.05, 0.1) is 6.61 Å². The second-order valence-corrected chi connectivity index (χ2v) is 4.72. The minimum absolute atomic E-state index is 0.258. The average Bonchev–Trinajstić information content (AvgIpc) is 2.17. The van der Waals surface area contributed by atoms with Crippen LogP contribution in [-0.2, 0) is 4.74 Å². The predicted molar refractivity (Wildman–Crippen MR) is 57.7 cm³/mol. The Kier molecular flexibility index (Phi) is 3.14. The normalized spacial score (nSPS) is 24.6. The molecule has 15 heavy (non-hydrogen) atoms. The van der Waals surface area contributed by atoms with Crippen LogP contribution in [0.5, 0.6) is 0 Å². The Morgan fingerprint density at radius 3 is 2.73 bits per heavy atom. The maximum Gasteiger partial charge on any atom is 0.407 e. The quantitative estimate of drug-likeness (QED) is 0.724. The van der Waals surface area contributed by atoms with E-state index in [-0.39, 0.29) is 6.09 Å². The lowest BCUT2D eigenvalue weighted by molar-refractivity contribution is 0.0428. The van der Waals surface area contributed by atoms with Gasteiger partial charge < -0.3 is 15.4 Å². The van der Waals surface area contributed by atoms with E-state index in [1.807, 2.05) is 6.92 Å². The molecular formula is C11H20N2O2. The lowest BCUT2D eigenvalue weighted by atomic mass is 9.61. The minimum atomic E-state index is -0.258. The number of rotatable bonds is 2. The second kappa shape index (κ2) is 4.39. The maximum atomic E-state index is 11.2. The second-order valence-electron chi connectivity index (χ2n) is 4.72. The van der Waals surface area contributed by atoms with Crippen molar-refractivity contribution in [1.82, 2.24) is 10.6 Å². The third-order valence-corrected chi connectivity index (χ3v) is 3.62. The molecule has 4 nitrogen and oxygen atoms in total. The Balaban J connectivity index is 1.70. The molecule has 2 aliphatic rings. The van der Waals surface area contributed by atoms with E-state index in [4.69, 9.17) is 4.74 Å².